The molecule has 2 atom stereocenters. The number of hydrogen-bond donors (Lipinski definition) is 2. The van der Waals surface area contributed by atoms with E-state index in [4.69, 9.17) is 15.2 Å². The zero-order chi connectivity index (χ0) is 14.2. The number of carbonyl (C=O) groups excluding carboxylic acids is 1. The predicted molar refractivity (Wildman–Crippen MR) is 84.6 cm³/mol. The summed E-state index contributed by atoms with van der Waals surface area (Å²) in [7, 11) is 0. The predicted octanol–water partition coefficient (Wildman–Crippen LogP) is 1.49. The molecule has 3 N–H and O–H groups in total. The Labute approximate surface area is 133 Å². The molecule has 1 saturated carbocycles. The summed E-state index contributed by atoms with van der Waals surface area (Å²) in [6, 6.07) is 0.216. The van der Waals surface area contributed by atoms with Crippen LogP contribution in [0.1, 0.15) is 38.5 Å². The minimum Gasteiger partial charge on any atom is -0.381 e. The van der Waals surface area contributed by atoms with Crippen molar-refractivity contribution in [3.63, 3.8) is 0 Å². The fourth-order valence-electron chi connectivity index (χ4n) is 2.95. The van der Waals surface area contributed by atoms with Gasteiger partial charge in [0, 0.05) is 44.9 Å². The van der Waals surface area contributed by atoms with Crippen LogP contribution in [0.2, 0.25) is 0 Å². The second-order valence-electron chi connectivity index (χ2n) is 6.05. The lowest BCUT2D eigenvalue weighted by Crippen LogP contribution is -2.31. The Morgan fingerprint density at radius 1 is 1.24 bits per heavy atom. The molecule has 21 heavy (non-hydrogen) atoms. The van der Waals surface area contributed by atoms with E-state index in [-0.39, 0.29) is 30.3 Å². The third-order valence-electron chi connectivity index (χ3n) is 4.30. The van der Waals surface area contributed by atoms with Gasteiger partial charge in [-0.15, -0.1) is 12.4 Å². The maximum Gasteiger partial charge on any atom is 0.223 e. The molecule has 2 fully saturated rings. The van der Waals surface area contributed by atoms with Crippen LogP contribution in [-0.4, -0.2) is 44.9 Å². The topological polar surface area (TPSA) is 73.6 Å². The lowest BCUT2D eigenvalue weighted by atomic mass is 10.0. The van der Waals surface area contributed by atoms with Gasteiger partial charge in [0.2, 0.25) is 5.91 Å². The maximum absolute atomic E-state index is 11.8. The van der Waals surface area contributed by atoms with Gasteiger partial charge in [-0.2, -0.15) is 0 Å². The molecule has 5 nitrogen and oxygen atoms in total. The lowest BCUT2D eigenvalue weighted by Gasteiger charge is -2.21. The fourth-order valence-corrected chi connectivity index (χ4v) is 2.95. The van der Waals surface area contributed by atoms with Gasteiger partial charge in [0.05, 0.1) is 0 Å². The summed E-state index contributed by atoms with van der Waals surface area (Å²) in [5.41, 5.74) is 5.82. The van der Waals surface area contributed by atoms with Gasteiger partial charge in [-0.25, -0.2) is 0 Å². The van der Waals surface area contributed by atoms with Crippen LogP contribution < -0.4 is 11.1 Å². The number of carbonyl (C=O) groups is 1. The van der Waals surface area contributed by atoms with Crippen molar-refractivity contribution in [1.82, 2.24) is 5.32 Å². The van der Waals surface area contributed by atoms with E-state index >= 15 is 0 Å². The summed E-state index contributed by atoms with van der Waals surface area (Å²) in [5, 5.41) is 2.99. The molecular weight excluding hydrogens is 292 g/mol. The standard InChI is InChI=1S/C15H28N2O3.ClH/c16-14-3-2-13(10-14)15(18)17-6-1-7-20-11-12-4-8-19-9-5-12;/h12-14H,1-11,16H2,(H,17,18);1H. The number of ether oxygens (including phenoxy) is 2. The number of nitrogens with one attached hydrogen (secondary N) is 1. The third-order valence-corrected chi connectivity index (χ3v) is 4.30. The van der Waals surface area contributed by atoms with Crippen molar-refractivity contribution in [2.75, 3.05) is 33.0 Å². The van der Waals surface area contributed by atoms with Crippen LogP contribution in [0.15, 0.2) is 0 Å². The summed E-state index contributed by atoms with van der Waals surface area (Å²) in [4.78, 5) is 11.8. The van der Waals surface area contributed by atoms with Gasteiger partial charge in [-0.05, 0) is 44.4 Å². The van der Waals surface area contributed by atoms with Gasteiger partial charge < -0.3 is 20.5 Å². The summed E-state index contributed by atoms with van der Waals surface area (Å²) in [6.07, 6.45) is 5.86. The molecule has 0 bridgehead atoms. The average molecular weight is 321 g/mol. The molecule has 2 rings (SSSR count). The molecule has 6 heteroatoms. The number of rotatable bonds is 7. The Balaban J connectivity index is 0.00000220. The van der Waals surface area contributed by atoms with E-state index in [1.54, 1.807) is 0 Å². The van der Waals surface area contributed by atoms with Gasteiger partial charge >= 0.3 is 0 Å². The number of nitrogens with two attached hydrogens (primary N) is 1. The van der Waals surface area contributed by atoms with E-state index in [1.165, 1.54) is 0 Å². The van der Waals surface area contributed by atoms with E-state index in [2.05, 4.69) is 5.32 Å². The molecule has 1 heterocycles. The van der Waals surface area contributed by atoms with E-state index in [1.807, 2.05) is 0 Å². The molecule has 0 radical (unpaired) electrons. The minimum absolute atomic E-state index is 0. The first-order valence-electron chi connectivity index (χ1n) is 7.94. The van der Waals surface area contributed by atoms with Crippen molar-refractivity contribution in [2.24, 2.45) is 17.6 Å². The number of hydrogen-bond acceptors (Lipinski definition) is 4. The number of halogens is 1. The van der Waals surface area contributed by atoms with E-state index < -0.39 is 0 Å². The van der Waals surface area contributed by atoms with Gasteiger partial charge in [-0.3, -0.25) is 4.79 Å². The van der Waals surface area contributed by atoms with Crippen molar-refractivity contribution in [3.8, 4) is 0 Å². The molecular formula is C15H29ClN2O3. The largest absolute Gasteiger partial charge is 0.381 e. The zero-order valence-electron chi connectivity index (χ0n) is 12.7. The van der Waals surface area contributed by atoms with Crippen molar-refractivity contribution >= 4 is 18.3 Å². The van der Waals surface area contributed by atoms with Crippen LogP contribution in [0.5, 0.6) is 0 Å². The van der Waals surface area contributed by atoms with Crippen LogP contribution in [0, 0.1) is 11.8 Å². The first-order valence-corrected chi connectivity index (χ1v) is 7.94. The quantitative estimate of drug-likeness (QED) is 0.697. The highest BCUT2D eigenvalue weighted by molar-refractivity contribution is 5.85. The number of amides is 1. The van der Waals surface area contributed by atoms with Gasteiger partial charge in [0.1, 0.15) is 0 Å². The van der Waals surface area contributed by atoms with Crippen LogP contribution in [-0.2, 0) is 14.3 Å². The molecule has 0 spiro atoms. The van der Waals surface area contributed by atoms with Crippen molar-refractivity contribution in [3.05, 3.63) is 0 Å². The van der Waals surface area contributed by atoms with Gasteiger partial charge in [0.15, 0.2) is 0 Å². The molecule has 1 aliphatic carbocycles. The highest BCUT2D eigenvalue weighted by Gasteiger charge is 2.27. The summed E-state index contributed by atoms with van der Waals surface area (Å²) in [5.74, 6) is 0.953. The summed E-state index contributed by atoms with van der Waals surface area (Å²) < 4.78 is 11.0. The van der Waals surface area contributed by atoms with E-state index in [9.17, 15) is 4.79 Å². The van der Waals surface area contributed by atoms with Crippen molar-refractivity contribution in [1.29, 1.82) is 0 Å². The third kappa shape index (κ3) is 6.96. The molecule has 1 saturated heterocycles. The normalized spacial score (nSPS) is 26.3. The van der Waals surface area contributed by atoms with E-state index in [0.29, 0.717) is 12.5 Å². The molecule has 2 unspecified atom stereocenters. The van der Waals surface area contributed by atoms with Crippen LogP contribution in [0.4, 0.5) is 0 Å². The molecule has 0 aromatic carbocycles. The molecule has 0 aromatic heterocycles. The zero-order valence-corrected chi connectivity index (χ0v) is 13.5. The lowest BCUT2D eigenvalue weighted by molar-refractivity contribution is -0.124. The Hall–Kier alpha value is -0.360. The Morgan fingerprint density at radius 3 is 2.67 bits per heavy atom. The molecule has 1 aliphatic heterocycles. The second kappa shape index (κ2) is 10.4. The minimum atomic E-state index is 0. The van der Waals surface area contributed by atoms with Crippen molar-refractivity contribution in [2.45, 2.75) is 44.6 Å². The highest BCUT2D eigenvalue weighted by atomic mass is 35.5. The van der Waals surface area contributed by atoms with Gasteiger partial charge in [0.25, 0.3) is 0 Å². The van der Waals surface area contributed by atoms with Gasteiger partial charge in [-0.1, -0.05) is 0 Å². The van der Waals surface area contributed by atoms with Crippen LogP contribution in [0.25, 0.3) is 0 Å². The Morgan fingerprint density at radius 2 is 2.00 bits per heavy atom. The molecule has 1 amide bonds. The van der Waals surface area contributed by atoms with Crippen LogP contribution in [0.3, 0.4) is 0 Å². The Bertz CT molecular complexity index is 299. The molecule has 124 valence electrons. The first kappa shape index (κ1) is 18.7. The Kier molecular flexibility index (Phi) is 9.24. The monoisotopic (exact) mass is 320 g/mol. The molecule has 0 aromatic rings. The van der Waals surface area contributed by atoms with Crippen LogP contribution >= 0.6 is 12.4 Å². The summed E-state index contributed by atoms with van der Waals surface area (Å²) in [6.45, 7) is 4.00. The second-order valence-corrected chi connectivity index (χ2v) is 6.05. The van der Waals surface area contributed by atoms with E-state index in [0.717, 1.165) is 65.0 Å². The first-order chi connectivity index (χ1) is 9.75. The fraction of sp³-hybridized carbons (Fsp3) is 0.933. The van der Waals surface area contributed by atoms with Crippen molar-refractivity contribution < 1.29 is 14.3 Å². The maximum atomic E-state index is 11.8. The molecule has 2 aliphatic rings. The SMILES string of the molecule is Cl.NC1CCC(C(=O)NCCCOCC2CCOCC2)C1. The average Bonchev–Trinajstić information content (AvgIpc) is 2.90. The summed E-state index contributed by atoms with van der Waals surface area (Å²) >= 11 is 0. The highest BCUT2D eigenvalue weighted by Crippen LogP contribution is 2.23. The smallest absolute Gasteiger partial charge is 0.223 e.